The van der Waals surface area contributed by atoms with Crippen molar-refractivity contribution in [1.82, 2.24) is 24.8 Å². The number of fused-ring (bicyclic) bond motifs is 1. The first kappa shape index (κ1) is 16.0. The fourth-order valence-corrected chi connectivity index (χ4v) is 4.05. The van der Waals surface area contributed by atoms with Crippen LogP contribution in [0, 0.1) is 0 Å². The molecule has 0 radical (unpaired) electrons. The first-order valence-corrected chi connectivity index (χ1v) is 9.46. The molecule has 1 atom stereocenters. The number of amides is 2. The molecule has 25 heavy (non-hydrogen) atoms. The van der Waals surface area contributed by atoms with Crippen LogP contribution in [0.3, 0.4) is 0 Å². The quantitative estimate of drug-likeness (QED) is 0.702. The standard InChI is InChI=1S/C14H16N8OS2/c1-8-6-21(14(23)20-13-16-2-5-24-13)3-4-22(8)10-9-11(25-7-17-9)19-12(15)18-10/h2,5,7-8H,3-4,6H2,1H3,(H2,15,18,19)(H,16,20,23)/t8-/m0/s1. The smallest absolute Gasteiger partial charge is 0.323 e. The lowest BCUT2D eigenvalue weighted by atomic mass is 10.2. The molecule has 9 nitrogen and oxygen atoms in total. The second-order valence-electron chi connectivity index (χ2n) is 5.67. The van der Waals surface area contributed by atoms with E-state index in [4.69, 9.17) is 5.73 Å². The number of piperazine rings is 1. The highest BCUT2D eigenvalue weighted by atomic mass is 32.1. The number of rotatable bonds is 2. The lowest BCUT2D eigenvalue weighted by molar-refractivity contribution is 0.200. The van der Waals surface area contributed by atoms with Crippen LogP contribution in [-0.2, 0) is 0 Å². The van der Waals surface area contributed by atoms with Gasteiger partial charge in [0.25, 0.3) is 0 Å². The third kappa shape index (κ3) is 3.07. The van der Waals surface area contributed by atoms with Crippen LogP contribution in [0.5, 0.6) is 0 Å². The van der Waals surface area contributed by atoms with Crippen molar-refractivity contribution in [3.8, 4) is 0 Å². The number of aromatic nitrogens is 4. The molecule has 11 heteroatoms. The summed E-state index contributed by atoms with van der Waals surface area (Å²) < 4.78 is 0. The Kier molecular flexibility index (Phi) is 4.09. The SMILES string of the molecule is C[C@H]1CN(C(=O)Nc2nccs2)CCN1c1nc(N)nc2scnc12. The fraction of sp³-hybridized carbons (Fsp3) is 0.357. The lowest BCUT2D eigenvalue weighted by Crippen LogP contribution is -2.55. The van der Waals surface area contributed by atoms with Crippen molar-refractivity contribution in [2.45, 2.75) is 13.0 Å². The highest BCUT2D eigenvalue weighted by Gasteiger charge is 2.29. The number of thiazole rings is 2. The topological polar surface area (TPSA) is 113 Å². The molecule has 1 saturated heterocycles. The van der Waals surface area contributed by atoms with E-state index in [-0.39, 0.29) is 18.0 Å². The van der Waals surface area contributed by atoms with Crippen LogP contribution >= 0.6 is 22.7 Å². The number of anilines is 3. The number of carbonyl (C=O) groups excluding carboxylic acids is 1. The average Bonchev–Trinajstić information content (AvgIpc) is 3.25. The van der Waals surface area contributed by atoms with Crippen LogP contribution in [0.15, 0.2) is 17.1 Å². The summed E-state index contributed by atoms with van der Waals surface area (Å²) in [5, 5.41) is 5.25. The maximum atomic E-state index is 12.4. The van der Waals surface area contributed by atoms with Gasteiger partial charge in [-0.05, 0) is 6.92 Å². The van der Waals surface area contributed by atoms with E-state index in [1.807, 2.05) is 5.38 Å². The molecular weight excluding hydrogens is 360 g/mol. The minimum Gasteiger partial charge on any atom is -0.368 e. The van der Waals surface area contributed by atoms with Crippen molar-refractivity contribution >= 4 is 55.9 Å². The molecule has 4 heterocycles. The van der Waals surface area contributed by atoms with Crippen molar-refractivity contribution in [1.29, 1.82) is 0 Å². The Morgan fingerprint density at radius 3 is 2.96 bits per heavy atom. The van der Waals surface area contributed by atoms with Gasteiger partial charge in [-0.15, -0.1) is 22.7 Å². The van der Waals surface area contributed by atoms with Crippen LogP contribution in [-0.4, -0.2) is 56.5 Å². The van der Waals surface area contributed by atoms with Crippen molar-refractivity contribution < 1.29 is 4.79 Å². The van der Waals surface area contributed by atoms with Crippen LogP contribution in [0.1, 0.15) is 6.92 Å². The van der Waals surface area contributed by atoms with Gasteiger partial charge in [-0.2, -0.15) is 4.98 Å². The van der Waals surface area contributed by atoms with Gasteiger partial charge in [0.1, 0.15) is 5.52 Å². The maximum absolute atomic E-state index is 12.4. The van der Waals surface area contributed by atoms with E-state index < -0.39 is 0 Å². The normalized spacial score (nSPS) is 17.9. The lowest BCUT2D eigenvalue weighted by Gasteiger charge is -2.40. The molecule has 3 aromatic heterocycles. The molecule has 1 aliphatic rings. The zero-order chi connectivity index (χ0) is 17.4. The molecule has 0 unspecified atom stereocenters. The number of nitrogens with zero attached hydrogens (tertiary/aromatic N) is 6. The molecule has 1 aliphatic heterocycles. The third-order valence-corrected chi connectivity index (χ3v) is 5.44. The highest BCUT2D eigenvalue weighted by molar-refractivity contribution is 7.16. The summed E-state index contributed by atoms with van der Waals surface area (Å²) in [4.78, 5) is 34.1. The van der Waals surface area contributed by atoms with Crippen LogP contribution in [0.4, 0.5) is 21.7 Å². The summed E-state index contributed by atoms with van der Waals surface area (Å²) in [6, 6.07) is -0.0579. The Morgan fingerprint density at radius 2 is 2.20 bits per heavy atom. The van der Waals surface area contributed by atoms with E-state index in [1.165, 1.54) is 22.7 Å². The number of hydrogen-bond acceptors (Lipinski definition) is 9. The van der Waals surface area contributed by atoms with E-state index in [1.54, 1.807) is 16.6 Å². The predicted octanol–water partition coefficient (Wildman–Crippen LogP) is 1.87. The molecule has 4 rings (SSSR count). The summed E-state index contributed by atoms with van der Waals surface area (Å²) in [5.74, 6) is 0.971. The van der Waals surface area contributed by atoms with Gasteiger partial charge in [0.05, 0.1) is 5.51 Å². The Balaban J connectivity index is 1.51. The number of urea groups is 1. The van der Waals surface area contributed by atoms with Gasteiger partial charge in [0, 0.05) is 37.3 Å². The molecule has 0 saturated carbocycles. The van der Waals surface area contributed by atoms with Crippen LogP contribution in [0.2, 0.25) is 0 Å². The van der Waals surface area contributed by atoms with Gasteiger partial charge in [-0.3, -0.25) is 5.32 Å². The van der Waals surface area contributed by atoms with E-state index >= 15 is 0 Å². The van der Waals surface area contributed by atoms with Crippen molar-refractivity contribution in [3.63, 3.8) is 0 Å². The van der Waals surface area contributed by atoms with Gasteiger partial charge in [0.2, 0.25) is 5.95 Å². The van der Waals surface area contributed by atoms with Gasteiger partial charge in [0.15, 0.2) is 15.8 Å². The molecule has 130 valence electrons. The monoisotopic (exact) mass is 376 g/mol. The molecule has 3 aromatic rings. The minimum atomic E-state index is -0.137. The highest BCUT2D eigenvalue weighted by Crippen LogP contribution is 2.28. The zero-order valence-corrected chi connectivity index (χ0v) is 15.0. The maximum Gasteiger partial charge on any atom is 0.323 e. The molecule has 2 amide bonds. The third-order valence-electron chi connectivity index (χ3n) is 4.03. The minimum absolute atomic E-state index is 0.0787. The Labute approximate surface area is 151 Å². The Hall–Kier alpha value is -2.53. The molecule has 3 N–H and O–H groups in total. The number of hydrogen-bond donors (Lipinski definition) is 2. The summed E-state index contributed by atoms with van der Waals surface area (Å²) in [5.41, 5.74) is 8.33. The summed E-state index contributed by atoms with van der Waals surface area (Å²) in [6.07, 6.45) is 1.67. The first-order valence-electron chi connectivity index (χ1n) is 7.70. The van der Waals surface area contributed by atoms with E-state index in [9.17, 15) is 4.79 Å². The van der Waals surface area contributed by atoms with E-state index in [2.05, 4.69) is 37.1 Å². The zero-order valence-electron chi connectivity index (χ0n) is 13.4. The summed E-state index contributed by atoms with van der Waals surface area (Å²) >= 11 is 2.84. The van der Waals surface area contributed by atoms with E-state index in [0.717, 1.165) is 16.2 Å². The number of nitrogens with one attached hydrogen (secondary N) is 1. The summed E-state index contributed by atoms with van der Waals surface area (Å²) in [7, 11) is 0. The largest absolute Gasteiger partial charge is 0.368 e. The second kappa shape index (κ2) is 6.41. The molecule has 1 fully saturated rings. The molecule has 0 aliphatic carbocycles. The number of nitrogens with two attached hydrogens (primary N) is 1. The summed E-state index contributed by atoms with van der Waals surface area (Å²) in [6.45, 7) is 3.86. The average molecular weight is 376 g/mol. The predicted molar refractivity (Wildman–Crippen MR) is 99.1 cm³/mol. The van der Waals surface area contributed by atoms with Crippen molar-refractivity contribution in [2.24, 2.45) is 0 Å². The molecule has 0 bridgehead atoms. The van der Waals surface area contributed by atoms with Crippen molar-refractivity contribution in [2.75, 3.05) is 35.6 Å². The number of nitrogen functional groups attached to an aromatic ring is 1. The van der Waals surface area contributed by atoms with E-state index in [0.29, 0.717) is 24.8 Å². The second-order valence-corrected chi connectivity index (χ2v) is 7.40. The molecule has 0 aromatic carbocycles. The molecular formula is C14H16N8OS2. The van der Waals surface area contributed by atoms with Crippen molar-refractivity contribution in [3.05, 3.63) is 17.1 Å². The first-order chi connectivity index (χ1) is 12.1. The Bertz CT molecular complexity index is 896. The van der Waals surface area contributed by atoms with Crippen LogP contribution in [0.25, 0.3) is 10.3 Å². The number of carbonyl (C=O) groups is 1. The van der Waals surface area contributed by atoms with Gasteiger partial charge < -0.3 is 15.5 Å². The van der Waals surface area contributed by atoms with Gasteiger partial charge in [-0.1, -0.05) is 0 Å². The van der Waals surface area contributed by atoms with Crippen LogP contribution < -0.4 is 16.0 Å². The molecule has 0 spiro atoms. The Morgan fingerprint density at radius 1 is 1.32 bits per heavy atom. The fourth-order valence-electron chi connectivity index (χ4n) is 2.88. The van der Waals surface area contributed by atoms with Gasteiger partial charge >= 0.3 is 6.03 Å². The van der Waals surface area contributed by atoms with Gasteiger partial charge in [-0.25, -0.2) is 19.7 Å².